The SMILES string of the molecule is CC1CCCCCC(Cc2cc(CCCC(=O)Nc3ccc(Oc4ccnc(NC(=O)C5CC5)c4)c(F)c3)cc(C(F)(F)F)c2)CCC1. The minimum absolute atomic E-state index is 0.00836. The van der Waals surface area contributed by atoms with Crippen LogP contribution in [-0.2, 0) is 28.6 Å². The molecule has 0 bridgehead atoms. The second kappa shape index (κ2) is 16.4. The number of aryl methyl sites for hydroxylation is 1. The predicted octanol–water partition coefficient (Wildman–Crippen LogP) is 10.3. The predicted molar refractivity (Wildman–Crippen MR) is 178 cm³/mol. The van der Waals surface area contributed by atoms with Crippen molar-refractivity contribution in [2.24, 2.45) is 17.8 Å². The summed E-state index contributed by atoms with van der Waals surface area (Å²) in [7, 11) is 0. The molecule has 0 spiro atoms. The highest BCUT2D eigenvalue weighted by atomic mass is 19.4. The van der Waals surface area contributed by atoms with Crippen molar-refractivity contribution in [2.45, 2.75) is 103 Å². The molecular formula is C38H45F4N3O3. The van der Waals surface area contributed by atoms with Crippen molar-refractivity contribution in [3.8, 4) is 11.5 Å². The van der Waals surface area contributed by atoms with Crippen LogP contribution < -0.4 is 15.4 Å². The molecule has 2 saturated carbocycles. The van der Waals surface area contributed by atoms with Crippen LogP contribution >= 0.6 is 0 Å². The van der Waals surface area contributed by atoms with Gasteiger partial charge in [-0.15, -0.1) is 0 Å². The number of nitrogens with one attached hydrogen (secondary N) is 2. The van der Waals surface area contributed by atoms with Gasteiger partial charge in [0.2, 0.25) is 11.8 Å². The standard InChI is InChI=1S/C38H45F4N3O3/c1-25-7-3-2-4-9-26(10-5-8-25)19-28-20-27(21-30(22-28)38(40,41)42)11-6-12-36(46)44-31-15-16-34(33(39)23-31)48-32-17-18-43-35(24-32)45-37(47)29-13-14-29/h15-18,20-26,29H,2-14,19H2,1H3,(H,44,46)(H,43,45,47). The summed E-state index contributed by atoms with van der Waals surface area (Å²) in [6.07, 6.45) is 9.22. The first-order valence-corrected chi connectivity index (χ1v) is 17.3. The lowest BCUT2D eigenvalue weighted by molar-refractivity contribution is -0.137. The van der Waals surface area contributed by atoms with E-state index in [0.717, 1.165) is 44.6 Å². The van der Waals surface area contributed by atoms with Crippen LogP contribution in [0.3, 0.4) is 0 Å². The molecule has 1 heterocycles. The second-order valence-electron chi connectivity index (χ2n) is 13.6. The van der Waals surface area contributed by atoms with Gasteiger partial charge in [0, 0.05) is 36.4 Å². The van der Waals surface area contributed by atoms with Gasteiger partial charge in [-0.3, -0.25) is 9.59 Å². The highest BCUT2D eigenvalue weighted by molar-refractivity contribution is 5.93. The Kier molecular flexibility index (Phi) is 12.1. The number of alkyl halides is 3. The lowest BCUT2D eigenvalue weighted by Gasteiger charge is -2.21. The summed E-state index contributed by atoms with van der Waals surface area (Å²) in [5.74, 6) is 0.440. The minimum atomic E-state index is -4.44. The van der Waals surface area contributed by atoms with Gasteiger partial charge in [0.1, 0.15) is 11.6 Å². The summed E-state index contributed by atoms with van der Waals surface area (Å²) in [6.45, 7) is 2.29. The average Bonchev–Trinajstić information content (AvgIpc) is 3.88. The molecule has 1 aromatic heterocycles. The van der Waals surface area contributed by atoms with Crippen molar-refractivity contribution < 1.29 is 31.9 Å². The van der Waals surface area contributed by atoms with Gasteiger partial charge in [-0.05, 0) is 85.4 Å². The maximum Gasteiger partial charge on any atom is 0.416 e. The number of carbonyl (C=O) groups is 2. The smallest absolute Gasteiger partial charge is 0.416 e. The molecule has 2 atom stereocenters. The van der Waals surface area contributed by atoms with E-state index >= 15 is 0 Å². The van der Waals surface area contributed by atoms with Gasteiger partial charge in [0.25, 0.3) is 0 Å². The number of amides is 2. The Morgan fingerprint density at radius 1 is 0.875 bits per heavy atom. The van der Waals surface area contributed by atoms with Crippen molar-refractivity contribution in [3.05, 3.63) is 77.2 Å². The molecule has 3 aromatic rings. The number of anilines is 2. The first-order chi connectivity index (χ1) is 23.0. The Balaban J connectivity index is 1.14. The number of halogens is 4. The Hall–Kier alpha value is -3.95. The van der Waals surface area contributed by atoms with Gasteiger partial charge in [0.05, 0.1) is 5.56 Å². The van der Waals surface area contributed by atoms with E-state index in [4.69, 9.17) is 4.74 Å². The Bertz CT molecular complexity index is 1560. The molecule has 5 rings (SSSR count). The number of nitrogens with zero attached hydrogens (tertiary/aromatic N) is 1. The quantitative estimate of drug-likeness (QED) is 0.200. The molecule has 48 heavy (non-hydrogen) atoms. The molecule has 2 amide bonds. The molecule has 2 aromatic carbocycles. The van der Waals surface area contributed by atoms with E-state index in [1.54, 1.807) is 0 Å². The Morgan fingerprint density at radius 2 is 1.62 bits per heavy atom. The number of ether oxygens (including phenoxy) is 1. The van der Waals surface area contributed by atoms with Gasteiger partial charge in [-0.25, -0.2) is 9.37 Å². The fourth-order valence-corrected chi connectivity index (χ4v) is 6.45. The summed E-state index contributed by atoms with van der Waals surface area (Å²) in [5.41, 5.74) is 0.873. The van der Waals surface area contributed by atoms with Crippen molar-refractivity contribution in [3.63, 3.8) is 0 Å². The molecule has 6 nitrogen and oxygen atoms in total. The van der Waals surface area contributed by atoms with Crippen LogP contribution in [0.1, 0.15) is 101 Å². The normalized spacial score (nSPS) is 18.9. The van der Waals surface area contributed by atoms with E-state index in [1.807, 2.05) is 6.07 Å². The van der Waals surface area contributed by atoms with Gasteiger partial charge < -0.3 is 15.4 Å². The fraction of sp³-hybridized carbons (Fsp3) is 0.500. The summed E-state index contributed by atoms with van der Waals surface area (Å²) in [4.78, 5) is 28.8. The molecule has 0 radical (unpaired) electrons. The van der Waals surface area contributed by atoms with E-state index in [-0.39, 0.29) is 41.3 Å². The zero-order valence-corrected chi connectivity index (χ0v) is 27.5. The van der Waals surface area contributed by atoms with Crippen LogP contribution in [0, 0.1) is 23.6 Å². The Labute approximate surface area is 280 Å². The van der Waals surface area contributed by atoms with E-state index in [9.17, 15) is 27.2 Å². The first-order valence-electron chi connectivity index (χ1n) is 17.3. The number of rotatable bonds is 11. The lowest BCUT2D eigenvalue weighted by Crippen LogP contribution is -2.14. The van der Waals surface area contributed by atoms with Gasteiger partial charge in [-0.1, -0.05) is 64.4 Å². The third kappa shape index (κ3) is 11.1. The van der Waals surface area contributed by atoms with Gasteiger partial charge in [0.15, 0.2) is 11.6 Å². The minimum Gasteiger partial charge on any atom is -0.454 e. The van der Waals surface area contributed by atoms with Crippen LogP contribution in [0.15, 0.2) is 54.7 Å². The molecule has 10 heteroatoms. The van der Waals surface area contributed by atoms with Crippen LogP contribution in [0.5, 0.6) is 11.5 Å². The molecule has 2 aliphatic rings. The maximum absolute atomic E-state index is 14.9. The van der Waals surface area contributed by atoms with Crippen molar-refractivity contribution in [1.29, 1.82) is 0 Å². The second-order valence-corrected chi connectivity index (χ2v) is 13.6. The monoisotopic (exact) mass is 667 g/mol. The topological polar surface area (TPSA) is 80.3 Å². The maximum atomic E-state index is 14.9. The van der Waals surface area contributed by atoms with Crippen molar-refractivity contribution >= 4 is 23.3 Å². The van der Waals surface area contributed by atoms with Crippen LogP contribution in [-0.4, -0.2) is 16.8 Å². The number of benzene rings is 2. The highest BCUT2D eigenvalue weighted by Crippen LogP contribution is 2.34. The number of hydrogen-bond acceptors (Lipinski definition) is 4. The molecule has 258 valence electrons. The lowest BCUT2D eigenvalue weighted by atomic mass is 9.85. The molecule has 2 N–H and O–H groups in total. The van der Waals surface area contributed by atoms with E-state index < -0.39 is 17.6 Å². The van der Waals surface area contributed by atoms with Crippen LogP contribution in [0.25, 0.3) is 0 Å². The van der Waals surface area contributed by atoms with Crippen molar-refractivity contribution in [1.82, 2.24) is 4.98 Å². The number of pyridine rings is 1. The largest absolute Gasteiger partial charge is 0.454 e. The number of aromatic nitrogens is 1. The third-order valence-corrected chi connectivity index (χ3v) is 9.27. The Morgan fingerprint density at radius 3 is 2.40 bits per heavy atom. The zero-order chi connectivity index (χ0) is 34.1. The first kappa shape index (κ1) is 35.4. The molecule has 2 aliphatic carbocycles. The summed E-state index contributed by atoms with van der Waals surface area (Å²) in [6, 6.07) is 11.4. The molecule has 2 unspecified atom stereocenters. The van der Waals surface area contributed by atoms with E-state index in [1.165, 1.54) is 68.3 Å². The third-order valence-electron chi connectivity index (χ3n) is 9.27. The number of hydrogen-bond donors (Lipinski definition) is 2. The molecule has 0 saturated heterocycles. The molecular weight excluding hydrogens is 622 g/mol. The van der Waals surface area contributed by atoms with Crippen LogP contribution in [0.2, 0.25) is 0 Å². The van der Waals surface area contributed by atoms with Gasteiger partial charge >= 0.3 is 6.18 Å². The van der Waals surface area contributed by atoms with Gasteiger partial charge in [-0.2, -0.15) is 13.2 Å². The summed E-state index contributed by atoms with van der Waals surface area (Å²) in [5, 5.41) is 5.38. The summed E-state index contributed by atoms with van der Waals surface area (Å²) < 4.78 is 62.0. The van der Waals surface area contributed by atoms with E-state index in [0.29, 0.717) is 48.0 Å². The average molecular weight is 668 g/mol. The zero-order valence-electron chi connectivity index (χ0n) is 27.5. The van der Waals surface area contributed by atoms with Crippen LogP contribution in [0.4, 0.5) is 29.1 Å². The number of carbonyl (C=O) groups excluding carboxylic acids is 2. The highest BCUT2D eigenvalue weighted by Gasteiger charge is 2.32. The molecule has 0 aliphatic heterocycles. The van der Waals surface area contributed by atoms with E-state index in [2.05, 4.69) is 22.5 Å². The van der Waals surface area contributed by atoms with Crippen molar-refractivity contribution in [2.75, 3.05) is 10.6 Å². The summed E-state index contributed by atoms with van der Waals surface area (Å²) >= 11 is 0. The molecule has 2 fully saturated rings. The fourth-order valence-electron chi connectivity index (χ4n) is 6.45.